The van der Waals surface area contributed by atoms with Crippen LogP contribution in [0.3, 0.4) is 0 Å². The van der Waals surface area contributed by atoms with Gasteiger partial charge >= 0.3 is 6.03 Å². The predicted octanol–water partition coefficient (Wildman–Crippen LogP) is 0.344. The third-order valence-electron chi connectivity index (χ3n) is 6.27. The topological polar surface area (TPSA) is 134 Å². The summed E-state index contributed by atoms with van der Waals surface area (Å²) in [4.78, 5) is 25.0. The van der Waals surface area contributed by atoms with Gasteiger partial charge in [0.1, 0.15) is 0 Å². The number of carbonyl (C=O) groups is 2. The number of nitrogens with one attached hydrogen (secondary N) is 2. The number of nitrogens with zero attached hydrogens (tertiary/aromatic N) is 2. The van der Waals surface area contributed by atoms with Crippen LogP contribution in [-0.4, -0.2) is 59.4 Å². The van der Waals surface area contributed by atoms with Gasteiger partial charge in [-0.3, -0.25) is 9.69 Å². The van der Waals surface area contributed by atoms with Crippen molar-refractivity contribution in [2.75, 3.05) is 26.2 Å². The van der Waals surface area contributed by atoms with E-state index in [-0.39, 0.29) is 29.7 Å². The minimum absolute atomic E-state index is 0.0916. The predicted molar refractivity (Wildman–Crippen MR) is 108 cm³/mol. The lowest BCUT2D eigenvalue weighted by atomic mass is 9.95. The van der Waals surface area contributed by atoms with Crippen LogP contribution in [0.2, 0.25) is 0 Å². The summed E-state index contributed by atoms with van der Waals surface area (Å²) in [6.45, 7) is 3.97. The minimum Gasteiger partial charge on any atom is -0.391 e. The molecule has 1 aromatic heterocycles. The molecule has 5 N–H and O–H groups in total. The summed E-state index contributed by atoms with van der Waals surface area (Å²) in [5.41, 5.74) is 6.67. The van der Waals surface area contributed by atoms with E-state index in [0.29, 0.717) is 26.2 Å². The molecule has 1 aromatic carbocycles. The lowest BCUT2D eigenvalue weighted by Gasteiger charge is -2.16. The monoisotopic (exact) mass is 413 g/mol. The molecule has 30 heavy (non-hydrogen) atoms. The van der Waals surface area contributed by atoms with Crippen molar-refractivity contribution < 1.29 is 19.2 Å². The van der Waals surface area contributed by atoms with Crippen LogP contribution in [0.1, 0.15) is 22.9 Å². The average Bonchev–Trinajstić information content (AvgIpc) is 2.96. The number of hydrogen-bond donors (Lipinski definition) is 4. The Labute approximate surface area is 174 Å². The van der Waals surface area contributed by atoms with Crippen molar-refractivity contribution in [1.82, 2.24) is 20.7 Å². The van der Waals surface area contributed by atoms with Gasteiger partial charge in [-0.1, -0.05) is 35.5 Å². The number of rotatable bonds is 7. The molecule has 2 fully saturated rings. The van der Waals surface area contributed by atoms with E-state index in [1.54, 1.807) is 0 Å². The van der Waals surface area contributed by atoms with Crippen LogP contribution in [0, 0.1) is 18.3 Å². The Morgan fingerprint density at radius 3 is 2.77 bits per heavy atom. The van der Waals surface area contributed by atoms with Crippen molar-refractivity contribution in [3.05, 3.63) is 53.4 Å². The molecule has 0 unspecified atom stereocenters. The minimum atomic E-state index is -0.736. The molecule has 0 bridgehead atoms. The standard InChI is InChI=1S/C21H27N5O4/c1-13-7-15(30-25-13)10-26-11-17(27)21(12-26)16(8-23-18(28)9-24-20(22)29)19(21)14-5-3-2-4-6-14/h2-7,16-17,19,27H,8-12H2,1H3,(H,23,28)(H3,22,24,29)/t16-,17+,19-,21-/m1/s1. The third kappa shape index (κ3) is 3.90. The Bertz CT molecular complexity index is 917. The van der Waals surface area contributed by atoms with Gasteiger partial charge in [0.2, 0.25) is 5.91 Å². The second kappa shape index (κ2) is 8.08. The molecule has 1 spiro atoms. The highest BCUT2D eigenvalue weighted by molar-refractivity contribution is 5.83. The van der Waals surface area contributed by atoms with Gasteiger partial charge in [-0.2, -0.15) is 0 Å². The van der Waals surface area contributed by atoms with E-state index in [2.05, 4.69) is 32.8 Å². The molecule has 9 nitrogen and oxygen atoms in total. The highest BCUT2D eigenvalue weighted by atomic mass is 16.5. The lowest BCUT2D eigenvalue weighted by molar-refractivity contribution is -0.120. The summed E-state index contributed by atoms with van der Waals surface area (Å²) in [6.07, 6.45) is -0.516. The van der Waals surface area contributed by atoms with Crippen LogP contribution in [0.4, 0.5) is 4.79 Å². The molecule has 4 atom stereocenters. The van der Waals surface area contributed by atoms with Gasteiger partial charge in [0.05, 0.1) is 24.9 Å². The molecule has 1 saturated heterocycles. The first-order chi connectivity index (χ1) is 14.4. The van der Waals surface area contributed by atoms with Crippen LogP contribution in [-0.2, 0) is 11.3 Å². The van der Waals surface area contributed by atoms with Crippen LogP contribution in [0.15, 0.2) is 40.9 Å². The molecular formula is C21H27N5O4. The molecule has 1 saturated carbocycles. The van der Waals surface area contributed by atoms with Gasteiger partial charge in [-0.05, 0) is 24.3 Å². The van der Waals surface area contributed by atoms with Gasteiger partial charge in [0.15, 0.2) is 5.76 Å². The van der Waals surface area contributed by atoms with Crippen molar-refractivity contribution in [1.29, 1.82) is 0 Å². The van der Waals surface area contributed by atoms with Crippen molar-refractivity contribution in [2.24, 2.45) is 17.1 Å². The Balaban J connectivity index is 1.47. The zero-order valence-electron chi connectivity index (χ0n) is 16.9. The van der Waals surface area contributed by atoms with Crippen LogP contribution in [0.5, 0.6) is 0 Å². The molecule has 2 aliphatic rings. The van der Waals surface area contributed by atoms with Crippen LogP contribution in [0.25, 0.3) is 0 Å². The summed E-state index contributed by atoms with van der Waals surface area (Å²) in [7, 11) is 0. The molecule has 0 radical (unpaired) electrons. The number of β-amino-alcohol motifs (C(OH)–C–C–N with tert-alkyl or cyclic N) is 1. The molecule has 2 heterocycles. The average molecular weight is 413 g/mol. The van der Waals surface area contributed by atoms with E-state index < -0.39 is 12.1 Å². The van der Waals surface area contributed by atoms with Crippen molar-refractivity contribution in [3.63, 3.8) is 0 Å². The fourth-order valence-corrected chi connectivity index (χ4v) is 4.98. The Morgan fingerprint density at radius 1 is 1.33 bits per heavy atom. The second-order valence-electron chi connectivity index (χ2n) is 8.25. The molecular weight excluding hydrogens is 386 g/mol. The van der Waals surface area contributed by atoms with Gasteiger partial charge in [0.25, 0.3) is 0 Å². The van der Waals surface area contributed by atoms with Gasteiger partial charge in [-0.25, -0.2) is 4.79 Å². The van der Waals surface area contributed by atoms with E-state index >= 15 is 0 Å². The number of aliphatic hydroxyl groups is 1. The largest absolute Gasteiger partial charge is 0.391 e. The Morgan fingerprint density at radius 2 is 2.10 bits per heavy atom. The summed E-state index contributed by atoms with van der Waals surface area (Å²) < 4.78 is 5.34. The Hall–Kier alpha value is -2.91. The first-order valence-electron chi connectivity index (χ1n) is 10.1. The molecule has 3 amide bonds. The van der Waals surface area contributed by atoms with Crippen molar-refractivity contribution in [2.45, 2.75) is 25.5 Å². The van der Waals surface area contributed by atoms with E-state index in [9.17, 15) is 14.7 Å². The summed E-state index contributed by atoms with van der Waals surface area (Å²) in [6, 6.07) is 11.3. The number of hydrogen-bond acceptors (Lipinski definition) is 6. The van der Waals surface area contributed by atoms with Crippen molar-refractivity contribution in [3.8, 4) is 0 Å². The number of amides is 3. The fourth-order valence-electron chi connectivity index (χ4n) is 4.98. The number of nitrogens with two attached hydrogens (primary N) is 1. The summed E-state index contributed by atoms with van der Waals surface area (Å²) >= 11 is 0. The number of aliphatic hydroxyl groups excluding tert-OH is 1. The quantitative estimate of drug-likeness (QED) is 0.517. The van der Waals surface area contributed by atoms with Crippen LogP contribution >= 0.6 is 0 Å². The molecule has 9 heteroatoms. The zero-order valence-corrected chi connectivity index (χ0v) is 16.9. The number of carbonyl (C=O) groups excluding carboxylic acids is 2. The molecule has 1 aliphatic heterocycles. The number of benzene rings is 1. The maximum absolute atomic E-state index is 12.0. The highest BCUT2D eigenvalue weighted by Crippen LogP contribution is 2.68. The molecule has 2 aromatic rings. The molecule has 160 valence electrons. The molecule has 1 aliphatic carbocycles. The summed E-state index contributed by atoms with van der Waals surface area (Å²) in [5, 5.41) is 20.1. The number of primary amides is 1. The maximum Gasteiger partial charge on any atom is 0.312 e. The van der Waals surface area contributed by atoms with E-state index in [1.807, 2.05) is 31.2 Å². The van der Waals surface area contributed by atoms with Gasteiger partial charge in [-0.15, -0.1) is 0 Å². The smallest absolute Gasteiger partial charge is 0.312 e. The van der Waals surface area contributed by atoms with Gasteiger partial charge in [0, 0.05) is 31.1 Å². The number of aromatic nitrogens is 1. The third-order valence-corrected chi connectivity index (χ3v) is 6.27. The second-order valence-corrected chi connectivity index (χ2v) is 8.25. The van der Waals surface area contributed by atoms with E-state index in [1.165, 1.54) is 0 Å². The van der Waals surface area contributed by atoms with Crippen molar-refractivity contribution >= 4 is 11.9 Å². The lowest BCUT2D eigenvalue weighted by Crippen LogP contribution is -2.40. The first kappa shape index (κ1) is 20.4. The SMILES string of the molecule is Cc1cc(CN2C[C@H](O)[C@@]3(C2)[C@H](CNC(=O)CNC(N)=O)[C@H]3c2ccccc2)on1. The van der Waals surface area contributed by atoms with E-state index in [0.717, 1.165) is 17.0 Å². The number of aryl methyl sites for hydroxylation is 1. The van der Waals surface area contributed by atoms with Gasteiger partial charge < -0.3 is 26.0 Å². The first-order valence-corrected chi connectivity index (χ1v) is 10.1. The number of likely N-dealkylation sites (tertiary alicyclic amines) is 1. The zero-order chi connectivity index (χ0) is 21.3. The maximum atomic E-state index is 12.0. The molecule has 4 rings (SSSR count). The highest BCUT2D eigenvalue weighted by Gasteiger charge is 2.70. The number of urea groups is 1. The normalized spacial score (nSPS) is 27.9. The summed E-state index contributed by atoms with van der Waals surface area (Å²) in [5.74, 6) is 0.702. The van der Waals surface area contributed by atoms with E-state index in [4.69, 9.17) is 10.3 Å². The van der Waals surface area contributed by atoms with Crippen LogP contribution < -0.4 is 16.4 Å². The Kier molecular flexibility index (Phi) is 5.48. The fraction of sp³-hybridized carbons (Fsp3) is 0.476.